The molecule has 6 aromatic carbocycles. The predicted molar refractivity (Wildman–Crippen MR) is 271 cm³/mol. The lowest BCUT2D eigenvalue weighted by Crippen LogP contribution is -2.23. The Morgan fingerprint density at radius 2 is 1.04 bits per heavy atom. The van der Waals surface area contributed by atoms with Gasteiger partial charge in [-0.3, -0.25) is 19.2 Å². The van der Waals surface area contributed by atoms with Crippen LogP contribution in [0, 0.1) is 0 Å². The summed E-state index contributed by atoms with van der Waals surface area (Å²) in [6.07, 6.45) is -3.76. The third-order valence-corrected chi connectivity index (χ3v) is 15.3. The van der Waals surface area contributed by atoms with E-state index in [2.05, 4.69) is 26.3 Å². The second-order valence-corrected chi connectivity index (χ2v) is 20.5. The summed E-state index contributed by atoms with van der Waals surface area (Å²) in [5.74, 6) is -3.74. The molecule has 0 fully saturated rings. The Labute approximate surface area is 436 Å². The highest BCUT2D eigenvalue weighted by Gasteiger charge is 2.33. The van der Waals surface area contributed by atoms with Gasteiger partial charge in [0, 0.05) is 15.4 Å². The predicted octanol–water partition coefficient (Wildman–Crippen LogP) is 11.1. The molecule has 4 amide bonds. The van der Waals surface area contributed by atoms with E-state index in [1.165, 1.54) is 60.3 Å². The maximum Gasteiger partial charge on any atom is 0.427 e. The van der Waals surface area contributed by atoms with Crippen LogP contribution >= 0.6 is 46.3 Å². The van der Waals surface area contributed by atoms with Gasteiger partial charge in [0.05, 0.1) is 104 Å². The molecule has 7 aromatic rings. The summed E-state index contributed by atoms with van der Waals surface area (Å²) in [7, 11) is -3.14. The molecular weight excluding hydrogens is 1070 g/mol. The second-order valence-electron chi connectivity index (χ2n) is 14.6. The van der Waals surface area contributed by atoms with Gasteiger partial charge in [-0.1, -0.05) is 55.6 Å². The Kier molecular flexibility index (Phi) is 18.1. The number of hydrogen-bond acceptors (Lipinski definition) is 11. The number of nitrogens with zero attached hydrogens (tertiary/aromatic N) is 1. The standard InChI is InChI=1S/C19H12F3N3O3S2.C14H9NO4S.C14H9NO3S.CH2Cl2.CH4/c20-19(21,22)15-8-23-16(29-15)9-24-17(26)10-5-6-14-12(7-10)25-18(27)11-3-1-2-4-13(11)30(14)28;16-13-9-3-1-2-4-11(9)20(19)12-6-5-8(14(17)18)7-10(12)15-13;16-13-9-3-1-2-4-11(9)19-12-6-5-8(14(17)18)7-10(12)15-13;2-1-3;/h1-8H,9H2,(H,24,26)(H,25,27);1-7H,(H,15,16)(H,17,18);1-7H,(H,15,16)(H,17,18);1H2;1H4. The molecule has 0 saturated carbocycles. The lowest BCUT2D eigenvalue weighted by Gasteiger charge is -2.09. The number of carboxylic acids is 2. The fraction of sp³-hybridized carbons (Fsp3) is 0.0816. The third kappa shape index (κ3) is 12.9. The minimum atomic E-state index is -4.48. The molecule has 24 heteroatoms. The number of carbonyl (C=O) groups is 6. The number of fused-ring (bicyclic) bond motifs is 6. The van der Waals surface area contributed by atoms with E-state index in [4.69, 9.17) is 33.4 Å². The molecule has 0 spiro atoms. The van der Waals surface area contributed by atoms with Gasteiger partial charge in [-0.25, -0.2) is 23.0 Å². The van der Waals surface area contributed by atoms with Crippen LogP contribution < -0.4 is 21.3 Å². The summed E-state index contributed by atoms with van der Waals surface area (Å²) in [6, 6.07) is 33.6. The first-order chi connectivity index (χ1) is 34.4. The van der Waals surface area contributed by atoms with Crippen LogP contribution in [0.3, 0.4) is 0 Å². The molecule has 2 unspecified atom stereocenters. The van der Waals surface area contributed by atoms with Crippen molar-refractivity contribution in [3.63, 3.8) is 0 Å². The molecule has 1 aromatic heterocycles. The molecule has 2 atom stereocenters. The van der Waals surface area contributed by atoms with Gasteiger partial charge in [-0.15, -0.1) is 34.5 Å². The van der Waals surface area contributed by atoms with Crippen LogP contribution in [0.15, 0.2) is 163 Å². The van der Waals surface area contributed by atoms with Crippen molar-refractivity contribution in [2.45, 2.75) is 49.5 Å². The molecule has 0 radical (unpaired) electrons. The van der Waals surface area contributed by atoms with E-state index in [1.807, 2.05) is 12.1 Å². The number of carbonyl (C=O) groups excluding carboxylic acids is 4. The molecule has 3 aliphatic rings. The van der Waals surface area contributed by atoms with Gasteiger partial charge in [0.15, 0.2) is 0 Å². The van der Waals surface area contributed by atoms with E-state index < -0.39 is 62.3 Å². The van der Waals surface area contributed by atoms with E-state index in [-0.39, 0.29) is 63.9 Å². The van der Waals surface area contributed by atoms with Crippen LogP contribution in [0.2, 0.25) is 0 Å². The molecular formula is C49H36Cl2F3N5O10S4. The zero-order valence-corrected chi connectivity index (χ0v) is 41.0. The number of anilines is 3. The number of amides is 4. The number of halogens is 5. The Bertz CT molecular complexity index is 3380. The second kappa shape index (κ2) is 24.0. The summed E-state index contributed by atoms with van der Waals surface area (Å²) < 4.78 is 63.3. The average Bonchev–Trinajstić information content (AvgIpc) is 3.73. The molecule has 0 bridgehead atoms. The number of thiazole rings is 1. The first-order valence-electron chi connectivity index (χ1n) is 20.4. The van der Waals surface area contributed by atoms with Crippen molar-refractivity contribution in [3.8, 4) is 0 Å². The van der Waals surface area contributed by atoms with Gasteiger partial charge < -0.3 is 31.5 Å². The Morgan fingerprint density at radius 1 is 0.603 bits per heavy atom. The highest BCUT2D eigenvalue weighted by atomic mass is 35.5. The number of aromatic carboxylic acids is 2. The number of rotatable bonds is 5. The fourth-order valence-electron chi connectivity index (χ4n) is 6.78. The molecule has 10 rings (SSSR count). The smallest absolute Gasteiger partial charge is 0.427 e. The molecule has 6 N–H and O–H groups in total. The van der Waals surface area contributed by atoms with Crippen LogP contribution in [0.1, 0.15) is 79.5 Å². The van der Waals surface area contributed by atoms with E-state index in [9.17, 15) is 50.4 Å². The monoisotopic (exact) mass is 1110 g/mol. The van der Waals surface area contributed by atoms with Crippen molar-refractivity contribution in [3.05, 3.63) is 177 Å². The number of carboxylic acid groups (broad SMARTS) is 2. The quantitative estimate of drug-likeness (QED) is 0.0883. The van der Waals surface area contributed by atoms with E-state index in [0.29, 0.717) is 47.7 Å². The number of benzene rings is 6. The lowest BCUT2D eigenvalue weighted by atomic mass is 10.1. The van der Waals surface area contributed by atoms with Crippen LogP contribution in [-0.2, 0) is 34.3 Å². The lowest BCUT2D eigenvalue weighted by molar-refractivity contribution is -0.134. The van der Waals surface area contributed by atoms with E-state index >= 15 is 0 Å². The first-order valence-corrected chi connectivity index (χ1v) is 25.4. The molecule has 0 aliphatic carbocycles. The fourth-order valence-corrected chi connectivity index (χ4v) is 11.1. The van der Waals surface area contributed by atoms with Crippen molar-refractivity contribution in [1.82, 2.24) is 10.3 Å². The third-order valence-electron chi connectivity index (χ3n) is 10.1. The highest BCUT2D eigenvalue weighted by molar-refractivity contribution is 7.99. The maximum absolute atomic E-state index is 12.9. The maximum atomic E-state index is 12.9. The largest absolute Gasteiger partial charge is 0.478 e. The van der Waals surface area contributed by atoms with Crippen molar-refractivity contribution in [2.24, 2.45) is 0 Å². The first kappa shape index (κ1) is 55.1. The average molecular weight is 1110 g/mol. The number of aromatic nitrogens is 1. The Morgan fingerprint density at radius 3 is 1.56 bits per heavy atom. The molecule has 376 valence electrons. The molecule has 0 saturated heterocycles. The van der Waals surface area contributed by atoms with Crippen LogP contribution in [0.5, 0.6) is 0 Å². The zero-order chi connectivity index (χ0) is 51.9. The highest BCUT2D eigenvalue weighted by Crippen LogP contribution is 2.39. The number of nitrogens with one attached hydrogen (secondary N) is 4. The Hall–Kier alpha value is -7.21. The molecule has 3 aliphatic heterocycles. The van der Waals surface area contributed by atoms with Crippen molar-refractivity contribution in [1.29, 1.82) is 0 Å². The minimum absolute atomic E-state index is 0. The molecule has 15 nitrogen and oxygen atoms in total. The molecule has 4 heterocycles. The van der Waals surface area contributed by atoms with Gasteiger partial charge in [-0.2, -0.15) is 13.2 Å². The Balaban J connectivity index is 0.000000178. The van der Waals surface area contributed by atoms with Crippen molar-refractivity contribution >= 4 is 121 Å². The van der Waals surface area contributed by atoms with Crippen LogP contribution in [0.25, 0.3) is 0 Å². The summed E-state index contributed by atoms with van der Waals surface area (Å²) in [5.41, 5.74) is 2.59. The molecule has 73 heavy (non-hydrogen) atoms. The minimum Gasteiger partial charge on any atom is -0.478 e. The van der Waals surface area contributed by atoms with Gasteiger partial charge in [0.1, 0.15) is 9.88 Å². The van der Waals surface area contributed by atoms with Crippen molar-refractivity contribution in [2.75, 3.05) is 21.3 Å². The topological polar surface area (TPSA) is 238 Å². The SMILES string of the molecule is C.ClCCl.O=C(NCc1ncc(C(F)(F)F)s1)c1ccc2c(c1)NC(=O)c1ccccc1S2=O.O=C(O)c1ccc2c(c1)NC(=O)c1ccccc1S2.O=C(O)c1ccc2c(c1)NC(=O)c1ccccc1S2=O. The van der Waals surface area contributed by atoms with Crippen LogP contribution in [0.4, 0.5) is 30.2 Å². The van der Waals surface area contributed by atoms with Gasteiger partial charge in [0.2, 0.25) is 0 Å². The van der Waals surface area contributed by atoms with Crippen LogP contribution in [-0.4, -0.2) is 64.5 Å². The summed E-state index contributed by atoms with van der Waals surface area (Å²) in [6.45, 7) is -0.180. The summed E-state index contributed by atoms with van der Waals surface area (Å²) in [4.78, 5) is 77.0. The number of hydrogen-bond donors (Lipinski definition) is 6. The summed E-state index contributed by atoms with van der Waals surface area (Å²) >= 11 is 11.4. The van der Waals surface area contributed by atoms with Crippen molar-refractivity contribution < 1.29 is 60.6 Å². The number of alkyl halides is 5. The van der Waals surface area contributed by atoms with E-state index in [0.717, 1.165) is 16.0 Å². The van der Waals surface area contributed by atoms with Gasteiger partial charge in [-0.05, 0) is 91.0 Å². The summed E-state index contributed by atoms with van der Waals surface area (Å²) in [5, 5.41) is 28.8. The normalized spacial score (nSPS) is 14.6. The zero-order valence-electron chi connectivity index (χ0n) is 36.2. The van der Waals surface area contributed by atoms with E-state index in [1.54, 1.807) is 66.7 Å². The van der Waals surface area contributed by atoms with Gasteiger partial charge >= 0.3 is 18.1 Å². The van der Waals surface area contributed by atoms with Gasteiger partial charge in [0.25, 0.3) is 23.6 Å².